The van der Waals surface area contributed by atoms with E-state index in [9.17, 15) is 18.0 Å². The van der Waals surface area contributed by atoms with Crippen molar-refractivity contribution in [2.75, 3.05) is 6.61 Å². The molecule has 0 aromatic heterocycles. The largest absolute Gasteiger partial charge is 0.491 e. The topological polar surface area (TPSA) is 55.8 Å². The van der Waals surface area contributed by atoms with Gasteiger partial charge in [0.2, 0.25) is 0 Å². The normalized spacial score (nSPS) is 17.7. The zero-order chi connectivity index (χ0) is 24.9. The van der Waals surface area contributed by atoms with Crippen molar-refractivity contribution in [3.8, 4) is 16.9 Å². The van der Waals surface area contributed by atoms with Crippen molar-refractivity contribution in [1.82, 2.24) is 0 Å². The molecule has 1 aliphatic carbocycles. The van der Waals surface area contributed by atoms with E-state index in [0.717, 1.165) is 5.56 Å². The second kappa shape index (κ2) is 11.0. The smallest absolute Gasteiger partial charge is 0.341 e. The summed E-state index contributed by atoms with van der Waals surface area (Å²) in [7, 11) is 0. The number of carbonyl (C=O) groups excluding carboxylic acids is 1. The zero-order valence-corrected chi connectivity index (χ0v) is 19.4. The summed E-state index contributed by atoms with van der Waals surface area (Å²) in [6.07, 6.45) is 2.05. The maximum absolute atomic E-state index is 14.7. The van der Waals surface area contributed by atoms with Crippen LogP contribution in [0.25, 0.3) is 11.1 Å². The number of aliphatic hydroxyl groups excluding tert-OH is 1. The third-order valence-corrected chi connectivity index (χ3v) is 6.42. The number of hydrogen-bond donors (Lipinski definition) is 1. The fourth-order valence-corrected chi connectivity index (χ4v) is 4.49. The lowest BCUT2D eigenvalue weighted by atomic mass is 9.82. The average Bonchev–Trinajstić information content (AvgIpc) is 2.87. The lowest BCUT2D eigenvalue weighted by Crippen LogP contribution is -2.24. The van der Waals surface area contributed by atoms with Crippen LogP contribution in [0.4, 0.5) is 13.2 Å². The first-order chi connectivity index (χ1) is 16.9. The molecule has 3 aromatic rings. The predicted octanol–water partition coefficient (Wildman–Crippen LogP) is 6.55. The number of halogens is 3. The Kier molecular flexibility index (Phi) is 7.76. The van der Waals surface area contributed by atoms with Gasteiger partial charge in [0, 0.05) is 5.56 Å². The van der Waals surface area contributed by atoms with E-state index in [2.05, 4.69) is 0 Å². The molecule has 1 saturated carbocycles. The van der Waals surface area contributed by atoms with Crippen molar-refractivity contribution in [3.63, 3.8) is 0 Å². The van der Waals surface area contributed by atoms with Crippen molar-refractivity contribution in [1.29, 1.82) is 0 Å². The SMILES string of the molecule is CCOc1ccc(C2CCC(OC(=O)c3ccc(-c4ccc(CO)cc4)c(F)c3F)CC2)cc1F. The van der Waals surface area contributed by atoms with Gasteiger partial charge in [0.15, 0.2) is 23.2 Å². The predicted molar refractivity (Wildman–Crippen MR) is 126 cm³/mol. The van der Waals surface area contributed by atoms with Gasteiger partial charge in [-0.25, -0.2) is 18.0 Å². The first-order valence-corrected chi connectivity index (χ1v) is 11.7. The van der Waals surface area contributed by atoms with Crippen LogP contribution in [0.3, 0.4) is 0 Å². The Morgan fingerprint density at radius 3 is 2.29 bits per heavy atom. The minimum Gasteiger partial charge on any atom is -0.491 e. The van der Waals surface area contributed by atoms with Gasteiger partial charge in [-0.15, -0.1) is 0 Å². The van der Waals surface area contributed by atoms with Crippen molar-refractivity contribution < 1.29 is 32.5 Å². The van der Waals surface area contributed by atoms with Crippen LogP contribution < -0.4 is 4.74 Å². The summed E-state index contributed by atoms with van der Waals surface area (Å²) >= 11 is 0. The molecule has 0 aliphatic heterocycles. The van der Waals surface area contributed by atoms with E-state index in [0.29, 0.717) is 43.4 Å². The fraction of sp³-hybridized carbons (Fsp3) is 0.321. The monoisotopic (exact) mass is 484 g/mol. The third-order valence-electron chi connectivity index (χ3n) is 6.42. The summed E-state index contributed by atoms with van der Waals surface area (Å²) in [6.45, 7) is 2.03. The lowest BCUT2D eigenvalue weighted by molar-refractivity contribution is 0.0189. The number of hydrogen-bond acceptors (Lipinski definition) is 4. The minimum absolute atomic E-state index is 0.0200. The van der Waals surface area contributed by atoms with Crippen LogP contribution in [-0.4, -0.2) is 23.8 Å². The van der Waals surface area contributed by atoms with Crippen LogP contribution in [0.5, 0.6) is 5.75 Å². The van der Waals surface area contributed by atoms with Crippen LogP contribution in [0, 0.1) is 17.5 Å². The Morgan fingerprint density at radius 2 is 1.66 bits per heavy atom. The molecule has 0 atom stereocenters. The molecule has 1 N–H and O–H groups in total. The van der Waals surface area contributed by atoms with Gasteiger partial charge in [0.1, 0.15) is 6.10 Å². The first kappa shape index (κ1) is 24.8. The Morgan fingerprint density at radius 1 is 0.943 bits per heavy atom. The highest BCUT2D eigenvalue weighted by Gasteiger charge is 2.28. The van der Waals surface area contributed by atoms with Gasteiger partial charge in [-0.1, -0.05) is 36.4 Å². The van der Waals surface area contributed by atoms with Crippen LogP contribution in [0.15, 0.2) is 54.6 Å². The molecule has 0 amide bonds. The van der Waals surface area contributed by atoms with Gasteiger partial charge in [-0.3, -0.25) is 0 Å². The summed E-state index contributed by atoms with van der Waals surface area (Å²) in [6, 6.07) is 13.9. The van der Waals surface area contributed by atoms with E-state index in [1.165, 1.54) is 18.2 Å². The lowest BCUT2D eigenvalue weighted by Gasteiger charge is -2.28. The molecule has 0 spiro atoms. The number of benzene rings is 3. The second-order valence-electron chi connectivity index (χ2n) is 8.65. The van der Waals surface area contributed by atoms with E-state index >= 15 is 0 Å². The highest BCUT2D eigenvalue weighted by Crippen LogP contribution is 2.36. The molecular formula is C28H27F3O4. The quantitative estimate of drug-likeness (QED) is 0.387. The molecule has 0 radical (unpaired) electrons. The maximum atomic E-state index is 14.7. The van der Waals surface area contributed by atoms with E-state index in [1.807, 2.05) is 6.07 Å². The molecular weight excluding hydrogens is 457 g/mol. The van der Waals surface area contributed by atoms with Gasteiger partial charge in [0.25, 0.3) is 0 Å². The number of esters is 1. The second-order valence-corrected chi connectivity index (χ2v) is 8.65. The summed E-state index contributed by atoms with van der Waals surface area (Å²) in [5.74, 6) is -3.33. The summed E-state index contributed by atoms with van der Waals surface area (Å²) < 4.78 is 54.4. The van der Waals surface area contributed by atoms with Crippen LogP contribution in [0.2, 0.25) is 0 Å². The van der Waals surface area contributed by atoms with Gasteiger partial charge >= 0.3 is 5.97 Å². The van der Waals surface area contributed by atoms with Crippen molar-refractivity contribution >= 4 is 5.97 Å². The zero-order valence-electron chi connectivity index (χ0n) is 19.4. The van der Waals surface area contributed by atoms with Crippen molar-refractivity contribution in [2.24, 2.45) is 0 Å². The van der Waals surface area contributed by atoms with Crippen LogP contribution in [0.1, 0.15) is 60.0 Å². The highest BCUT2D eigenvalue weighted by atomic mass is 19.2. The van der Waals surface area contributed by atoms with Crippen LogP contribution in [-0.2, 0) is 11.3 Å². The number of rotatable bonds is 7. The molecule has 184 valence electrons. The molecule has 3 aromatic carbocycles. The summed E-state index contributed by atoms with van der Waals surface area (Å²) in [4.78, 5) is 12.6. The Bertz CT molecular complexity index is 1190. The molecule has 0 unspecified atom stereocenters. The molecule has 4 rings (SSSR count). The van der Waals surface area contributed by atoms with E-state index in [1.54, 1.807) is 37.3 Å². The molecule has 0 saturated heterocycles. The average molecular weight is 485 g/mol. The number of carbonyl (C=O) groups is 1. The first-order valence-electron chi connectivity index (χ1n) is 11.7. The maximum Gasteiger partial charge on any atom is 0.341 e. The molecule has 7 heteroatoms. The Balaban J connectivity index is 1.39. The van der Waals surface area contributed by atoms with Gasteiger partial charge in [-0.2, -0.15) is 0 Å². The van der Waals surface area contributed by atoms with E-state index in [4.69, 9.17) is 14.6 Å². The van der Waals surface area contributed by atoms with E-state index in [-0.39, 0.29) is 23.8 Å². The highest BCUT2D eigenvalue weighted by molar-refractivity contribution is 5.90. The van der Waals surface area contributed by atoms with Crippen molar-refractivity contribution in [2.45, 2.75) is 51.2 Å². The molecule has 0 bridgehead atoms. The minimum atomic E-state index is -1.25. The Labute approximate surface area is 202 Å². The van der Waals surface area contributed by atoms with Gasteiger partial charge in [0.05, 0.1) is 18.8 Å². The molecule has 35 heavy (non-hydrogen) atoms. The fourth-order valence-electron chi connectivity index (χ4n) is 4.49. The third kappa shape index (κ3) is 5.51. The number of ether oxygens (including phenoxy) is 2. The molecule has 1 fully saturated rings. The summed E-state index contributed by atoms with van der Waals surface area (Å²) in [5.41, 5.74) is 1.52. The standard InChI is InChI=1S/C28H27F3O4/c1-2-34-25-14-9-20(15-24(25)29)18-7-10-21(11-8-18)35-28(33)23-13-12-22(26(30)27(23)31)19-5-3-17(16-32)4-6-19/h3-6,9,12-15,18,21,32H,2,7-8,10-11,16H2,1H3. The molecule has 0 heterocycles. The van der Waals surface area contributed by atoms with Crippen LogP contribution >= 0.6 is 0 Å². The van der Waals surface area contributed by atoms with Gasteiger partial charge < -0.3 is 14.6 Å². The molecule has 1 aliphatic rings. The summed E-state index contributed by atoms with van der Waals surface area (Å²) in [5, 5.41) is 9.14. The van der Waals surface area contributed by atoms with Crippen molar-refractivity contribution in [3.05, 3.63) is 88.7 Å². The molecule has 4 nitrogen and oxygen atoms in total. The number of aliphatic hydroxyl groups is 1. The Hall–Kier alpha value is -3.32. The van der Waals surface area contributed by atoms with Gasteiger partial charge in [-0.05, 0) is 73.4 Å². The van der Waals surface area contributed by atoms with E-state index < -0.39 is 35.1 Å².